The fourth-order valence-corrected chi connectivity index (χ4v) is 2.35. The van der Waals surface area contributed by atoms with E-state index >= 15 is 0 Å². The van der Waals surface area contributed by atoms with E-state index in [1.165, 1.54) is 12.8 Å². The van der Waals surface area contributed by atoms with Crippen LogP contribution in [0.3, 0.4) is 0 Å². The van der Waals surface area contributed by atoms with E-state index in [1.54, 1.807) is 0 Å². The van der Waals surface area contributed by atoms with E-state index in [0.29, 0.717) is 6.04 Å². The molecular weight excluding hydrogens is 212 g/mol. The molecule has 1 aliphatic rings. The standard InChI is InChI=1S/C13H21N4/c1-3-17(10-11-6-4-8-15-11)13-12(14-2)7-5-9-16-13/h5,7,9,11,15H,3-4,6,8,10H2,1-2H3. The molecule has 4 nitrogen and oxygen atoms in total. The first kappa shape index (κ1) is 12.2. The highest BCUT2D eigenvalue weighted by atomic mass is 15.2. The zero-order valence-electron chi connectivity index (χ0n) is 10.7. The smallest absolute Gasteiger partial charge is 0.154 e. The van der Waals surface area contributed by atoms with Crippen molar-refractivity contribution in [3.05, 3.63) is 18.3 Å². The molecule has 0 aromatic carbocycles. The third-order valence-electron chi connectivity index (χ3n) is 3.29. The Kier molecular flexibility index (Phi) is 4.20. The number of likely N-dealkylation sites (N-methyl/N-ethyl adjacent to an activating group) is 1. The van der Waals surface area contributed by atoms with Gasteiger partial charge in [-0.05, 0) is 38.4 Å². The van der Waals surface area contributed by atoms with Crippen molar-refractivity contribution in [2.24, 2.45) is 0 Å². The van der Waals surface area contributed by atoms with Gasteiger partial charge in [0.1, 0.15) is 0 Å². The van der Waals surface area contributed by atoms with Gasteiger partial charge in [-0.2, -0.15) is 0 Å². The molecule has 1 aliphatic heterocycles. The molecule has 93 valence electrons. The van der Waals surface area contributed by atoms with E-state index < -0.39 is 0 Å². The van der Waals surface area contributed by atoms with Gasteiger partial charge in [-0.3, -0.25) is 5.32 Å². The maximum absolute atomic E-state index is 4.47. The van der Waals surface area contributed by atoms with Crippen LogP contribution in [0.15, 0.2) is 18.3 Å². The quantitative estimate of drug-likeness (QED) is 0.838. The van der Waals surface area contributed by atoms with Crippen LogP contribution in [0, 0.1) is 0 Å². The van der Waals surface area contributed by atoms with Crippen molar-refractivity contribution in [2.45, 2.75) is 25.8 Å². The molecule has 0 aliphatic carbocycles. The minimum absolute atomic E-state index is 0.599. The molecule has 2 heterocycles. The number of aromatic nitrogens is 1. The molecule has 0 bridgehead atoms. The number of nitrogens with zero attached hydrogens (tertiary/aromatic N) is 3. The topological polar surface area (TPSA) is 42.3 Å². The molecular formula is C13H21N4. The summed E-state index contributed by atoms with van der Waals surface area (Å²) in [7, 11) is 1.82. The molecule has 1 atom stereocenters. The van der Waals surface area contributed by atoms with Gasteiger partial charge >= 0.3 is 0 Å². The van der Waals surface area contributed by atoms with Crippen LogP contribution in [-0.4, -0.2) is 37.7 Å². The van der Waals surface area contributed by atoms with Crippen molar-refractivity contribution in [3.8, 4) is 0 Å². The second kappa shape index (κ2) is 5.87. The Balaban J connectivity index is 2.10. The Morgan fingerprint density at radius 1 is 1.59 bits per heavy atom. The van der Waals surface area contributed by atoms with Crippen LogP contribution in [0.4, 0.5) is 11.5 Å². The number of hydrogen-bond donors (Lipinski definition) is 1. The van der Waals surface area contributed by atoms with E-state index in [0.717, 1.165) is 31.1 Å². The van der Waals surface area contributed by atoms with Crippen LogP contribution in [-0.2, 0) is 0 Å². The van der Waals surface area contributed by atoms with E-state index in [1.807, 2.05) is 25.4 Å². The highest BCUT2D eigenvalue weighted by molar-refractivity contribution is 5.60. The Labute approximate surface area is 103 Å². The molecule has 0 spiro atoms. The lowest BCUT2D eigenvalue weighted by atomic mass is 10.2. The van der Waals surface area contributed by atoms with E-state index in [4.69, 9.17) is 0 Å². The largest absolute Gasteiger partial charge is 0.354 e. The lowest BCUT2D eigenvalue weighted by Crippen LogP contribution is -2.38. The summed E-state index contributed by atoms with van der Waals surface area (Å²) in [5.74, 6) is 1.01. The summed E-state index contributed by atoms with van der Waals surface area (Å²) in [5.41, 5.74) is 0.979. The van der Waals surface area contributed by atoms with Gasteiger partial charge in [0.25, 0.3) is 0 Å². The third-order valence-corrected chi connectivity index (χ3v) is 3.29. The first-order valence-corrected chi connectivity index (χ1v) is 6.38. The summed E-state index contributed by atoms with van der Waals surface area (Å²) in [5, 5.41) is 7.82. The normalized spacial score (nSPS) is 19.3. The fourth-order valence-electron chi connectivity index (χ4n) is 2.35. The molecule has 1 radical (unpaired) electrons. The van der Waals surface area contributed by atoms with Gasteiger partial charge < -0.3 is 10.2 Å². The van der Waals surface area contributed by atoms with Gasteiger partial charge in [-0.25, -0.2) is 4.98 Å². The Morgan fingerprint density at radius 2 is 2.47 bits per heavy atom. The van der Waals surface area contributed by atoms with Gasteiger partial charge in [-0.15, -0.1) is 0 Å². The molecule has 0 amide bonds. The molecule has 1 aromatic heterocycles. The molecule has 1 fully saturated rings. The Bertz CT molecular complexity index is 347. The molecule has 1 saturated heterocycles. The second-order valence-electron chi connectivity index (χ2n) is 4.40. The number of nitrogens with one attached hydrogen (secondary N) is 1. The minimum atomic E-state index is 0.599. The average Bonchev–Trinajstić information content (AvgIpc) is 2.89. The third kappa shape index (κ3) is 2.88. The SMILES string of the molecule is CCN(CC1CCCN1)c1ncccc1[N]C. The zero-order valence-corrected chi connectivity index (χ0v) is 10.7. The lowest BCUT2D eigenvalue weighted by Gasteiger charge is -2.26. The van der Waals surface area contributed by atoms with Crippen LogP contribution in [0.5, 0.6) is 0 Å². The van der Waals surface area contributed by atoms with Gasteiger partial charge in [0, 0.05) is 32.4 Å². The van der Waals surface area contributed by atoms with Crippen molar-refractivity contribution in [1.29, 1.82) is 0 Å². The number of hydrogen-bond acceptors (Lipinski definition) is 3. The molecule has 2 rings (SSSR count). The Hall–Kier alpha value is -1.29. The van der Waals surface area contributed by atoms with Gasteiger partial charge in [0.15, 0.2) is 5.82 Å². The summed E-state index contributed by atoms with van der Waals surface area (Å²) in [6.07, 6.45) is 4.39. The van der Waals surface area contributed by atoms with Crippen molar-refractivity contribution in [2.75, 3.05) is 31.6 Å². The maximum atomic E-state index is 4.47. The molecule has 0 saturated carbocycles. The van der Waals surface area contributed by atoms with Crippen molar-refractivity contribution >= 4 is 11.5 Å². The van der Waals surface area contributed by atoms with Crippen LogP contribution in [0.2, 0.25) is 0 Å². The highest BCUT2D eigenvalue weighted by Crippen LogP contribution is 2.23. The van der Waals surface area contributed by atoms with E-state index in [9.17, 15) is 0 Å². The molecule has 1 N–H and O–H groups in total. The predicted octanol–water partition coefficient (Wildman–Crippen LogP) is 1.53. The van der Waals surface area contributed by atoms with Crippen LogP contribution in [0.25, 0.3) is 0 Å². The molecule has 1 unspecified atom stereocenters. The number of rotatable bonds is 5. The monoisotopic (exact) mass is 233 g/mol. The minimum Gasteiger partial charge on any atom is -0.354 e. The first-order chi connectivity index (χ1) is 8.35. The second-order valence-corrected chi connectivity index (χ2v) is 4.40. The summed E-state index contributed by atoms with van der Waals surface area (Å²) in [6.45, 7) is 5.31. The van der Waals surface area contributed by atoms with Crippen LogP contribution in [0.1, 0.15) is 19.8 Å². The summed E-state index contributed by atoms with van der Waals surface area (Å²) >= 11 is 0. The van der Waals surface area contributed by atoms with Gasteiger partial charge in [0.05, 0.1) is 5.69 Å². The van der Waals surface area contributed by atoms with E-state index in [2.05, 4.69) is 27.4 Å². The van der Waals surface area contributed by atoms with E-state index in [-0.39, 0.29) is 0 Å². The van der Waals surface area contributed by atoms with Crippen molar-refractivity contribution in [3.63, 3.8) is 0 Å². The molecule has 1 aromatic rings. The van der Waals surface area contributed by atoms with Crippen molar-refractivity contribution in [1.82, 2.24) is 15.6 Å². The lowest BCUT2D eigenvalue weighted by molar-refractivity contribution is 0.583. The van der Waals surface area contributed by atoms with Crippen LogP contribution >= 0.6 is 0 Å². The number of anilines is 1. The Morgan fingerprint density at radius 3 is 3.12 bits per heavy atom. The average molecular weight is 233 g/mol. The fraction of sp³-hybridized carbons (Fsp3) is 0.615. The summed E-state index contributed by atoms with van der Waals surface area (Å²) in [4.78, 5) is 6.78. The maximum Gasteiger partial charge on any atom is 0.154 e. The summed E-state index contributed by atoms with van der Waals surface area (Å²) < 4.78 is 0. The van der Waals surface area contributed by atoms with Gasteiger partial charge in [-0.1, -0.05) is 0 Å². The highest BCUT2D eigenvalue weighted by Gasteiger charge is 2.19. The molecule has 17 heavy (non-hydrogen) atoms. The first-order valence-electron chi connectivity index (χ1n) is 6.38. The van der Waals surface area contributed by atoms with Crippen molar-refractivity contribution < 1.29 is 0 Å². The zero-order chi connectivity index (χ0) is 12.1. The predicted molar refractivity (Wildman–Crippen MR) is 70.9 cm³/mol. The summed E-state index contributed by atoms with van der Waals surface area (Å²) in [6, 6.07) is 4.56. The molecule has 4 heteroatoms. The van der Waals surface area contributed by atoms with Gasteiger partial charge in [0.2, 0.25) is 0 Å². The number of pyridine rings is 1. The van der Waals surface area contributed by atoms with Crippen LogP contribution < -0.4 is 15.5 Å².